The highest BCUT2D eigenvalue weighted by molar-refractivity contribution is 14.1. The fraction of sp³-hybridized carbons (Fsp3) is 0.250. The Hall–Kier alpha value is -6.15. The molecule has 0 bridgehead atoms. The van der Waals surface area contributed by atoms with Gasteiger partial charge in [-0.15, -0.1) is 0 Å². The van der Waals surface area contributed by atoms with Crippen LogP contribution in [0.3, 0.4) is 0 Å². The molecule has 64 heavy (non-hydrogen) atoms. The summed E-state index contributed by atoms with van der Waals surface area (Å²) in [6.07, 6.45) is 0.840. The molecule has 1 fully saturated rings. The largest absolute Gasteiger partial charge is 0.497 e. The van der Waals surface area contributed by atoms with E-state index in [0.29, 0.717) is 0 Å². The Kier molecular flexibility index (Phi) is 14.0. The van der Waals surface area contributed by atoms with E-state index in [9.17, 15) is 0 Å². The summed E-state index contributed by atoms with van der Waals surface area (Å²) < 4.78 is 36.2. The summed E-state index contributed by atoms with van der Waals surface area (Å²) in [6, 6.07) is 45.2. The van der Waals surface area contributed by atoms with Crippen LogP contribution in [0.5, 0.6) is 34.5 Å². The molecule has 0 amide bonds. The fourth-order valence-electron chi connectivity index (χ4n) is 8.71. The lowest BCUT2D eigenvalue weighted by Gasteiger charge is -2.31. The molecule has 3 aliphatic rings. The maximum Gasteiger partial charge on any atom is 0.150 e. The molecule has 0 spiro atoms. The predicted molar refractivity (Wildman–Crippen MR) is 266 cm³/mol. The predicted octanol–water partition coefficient (Wildman–Crippen LogP) is 12.8. The second-order valence-electron chi connectivity index (χ2n) is 16.4. The fourth-order valence-corrected chi connectivity index (χ4v) is 9.07. The Bertz CT molecular complexity index is 2750. The second-order valence-corrected chi connectivity index (χ2v) is 17.6. The Morgan fingerprint density at radius 2 is 1.06 bits per heavy atom. The van der Waals surface area contributed by atoms with E-state index in [2.05, 4.69) is 133 Å². The molecular formula is C56H54INO6. The van der Waals surface area contributed by atoms with E-state index in [1.807, 2.05) is 60.7 Å². The van der Waals surface area contributed by atoms with Crippen LogP contribution < -0.4 is 28.4 Å². The quantitative estimate of drug-likeness (QED) is 0.106. The molecule has 7 nitrogen and oxygen atoms in total. The van der Waals surface area contributed by atoms with E-state index in [1.165, 1.54) is 15.6 Å². The Labute approximate surface area is 391 Å². The number of nitrogens with zero attached hydrogens (tertiary/aromatic N) is 1. The first-order valence-corrected chi connectivity index (χ1v) is 22.7. The lowest BCUT2D eigenvalue weighted by Crippen LogP contribution is -2.20. The normalized spacial score (nSPS) is 17.7. The summed E-state index contributed by atoms with van der Waals surface area (Å²) in [4.78, 5) is 2.43. The van der Waals surface area contributed by atoms with E-state index >= 15 is 0 Å². The van der Waals surface area contributed by atoms with Gasteiger partial charge in [-0.05, 0) is 174 Å². The molecule has 6 aromatic carbocycles. The maximum absolute atomic E-state index is 6.63. The molecule has 0 radical (unpaired) electrons. The van der Waals surface area contributed by atoms with Gasteiger partial charge in [0.1, 0.15) is 46.7 Å². The number of benzene rings is 6. The van der Waals surface area contributed by atoms with Crippen molar-refractivity contribution in [2.75, 3.05) is 48.1 Å². The van der Waals surface area contributed by atoms with Crippen molar-refractivity contribution < 1.29 is 28.4 Å². The molecule has 3 heterocycles. The first-order chi connectivity index (χ1) is 31.2. The molecule has 2 unspecified atom stereocenters. The molecule has 0 aromatic heterocycles. The van der Waals surface area contributed by atoms with Crippen LogP contribution in [0, 0.1) is 21.3 Å². The average molecular weight is 964 g/mol. The van der Waals surface area contributed by atoms with Gasteiger partial charge in [0.05, 0.1) is 35.0 Å². The molecule has 8 heteroatoms. The van der Waals surface area contributed by atoms with Crippen molar-refractivity contribution in [2.45, 2.75) is 39.4 Å². The molecule has 326 valence electrons. The number of allylic oxidation sites excluding steroid dienone is 2. The van der Waals surface area contributed by atoms with Crippen molar-refractivity contribution >= 4 is 44.9 Å². The second kappa shape index (κ2) is 20.1. The van der Waals surface area contributed by atoms with Gasteiger partial charge in [-0.1, -0.05) is 67.3 Å². The summed E-state index contributed by atoms with van der Waals surface area (Å²) in [6.45, 7) is 9.75. The SMILES string of the molecule is COc1cccc(C2=C(C)c3cc(OC)ccc3OC2c2ccc(C#CCN3CC[C@@H](C)C3)cc2)c1.COc1cccc(C2=C(C)c3cc(OC)ccc3OC2c2ccc(I)cc2)c1. The number of hydrogen-bond donors (Lipinski definition) is 0. The van der Waals surface area contributed by atoms with Gasteiger partial charge in [0.25, 0.3) is 0 Å². The first-order valence-electron chi connectivity index (χ1n) is 21.6. The minimum absolute atomic E-state index is 0.190. The molecule has 0 aliphatic carbocycles. The van der Waals surface area contributed by atoms with Crippen molar-refractivity contribution in [3.63, 3.8) is 0 Å². The molecule has 3 aliphatic heterocycles. The number of ether oxygens (including phenoxy) is 6. The van der Waals surface area contributed by atoms with Crippen LogP contribution in [0.1, 0.15) is 78.3 Å². The lowest BCUT2D eigenvalue weighted by molar-refractivity contribution is 0.259. The summed E-state index contributed by atoms with van der Waals surface area (Å²) in [5.41, 5.74) is 12.1. The number of likely N-dealkylation sites (tertiary alicyclic amines) is 1. The van der Waals surface area contributed by atoms with Crippen molar-refractivity contribution in [3.05, 3.63) is 176 Å². The maximum atomic E-state index is 6.63. The first kappa shape index (κ1) is 44.5. The zero-order valence-corrected chi connectivity index (χ0v) is 39.7. The van der Waals surface area contributed by atoms with Gasteiger partial charge < -0.3 is 28.4 Å². The minimum Gasteiger partial charge on any atom is -0.497 e. The van der Waals surface area contributed by atoms with E-state index in [4.69, 9.17) is 28.4 Å². The number of fused-ring (bicyclic) bond motifs is 2. The van der Waals surface area contributed by atoms with Gasteiger partial charge in [-0.2, -0.15) is 0 Å². The Balaban J connectivity index is 0.000000181. The number of rotatable bonds is 9. The Morgan fingerprint density at radius 1 is 0.594 bits per heavy atom. The van der Waals surface area contributed by atoms with E-state index < -0.39 is 0 Å². The van der Waals surface area contributed by atoms with Gasteiger partial charge in [0, 0.05) is 38.0 Å². The number of methoxy groups -OCH3 is 4. The zero-order chi connectivity index (χ0) is 44.7. The molecule has 3 atom stereocenters. The lowest BCUT2D eigenvalue weighted by atomic mass is 9.86. The van der Waals surface area contributed by atoms with Gasteiger partial charge in [-0.25, -0.2) is 0 Å². The summed E-state index contributed by atoms with van der Waals surface area (Å²) in [5.74, 6) is 12.5. The monoisotopic (exact) mass is 963 g/mol. The molecule has 6 aromatic rings. The van der Waals surface area contributed by atoms with Crippen LogP contribution in [0.4, 0.5) is 0 Å². The van der Waals surface area contributed by atoms with Gasteiger partial charge in [0.15, 0.2) is 0 Å². The van der Waals surface area contributed by atoms with Gasteiger partial charge >= 0.3 is 0 Å². The summed E-state index contributed by atoms with van der Waals surface area (Å²) >= 11 is 2.32. The van der Waals surface area contributed by atoms with Gasteiger partial charge in [0.2, 0.25) is 0 Å². The third kappa shape index (κ3) is 9.81. The van der Waals surface area contributed by atoms with Gasteiger partial charge in [-0.3, -0.25) is 4.90 Å². The van der Waals surface area contributed by atoms with Crippen molar-refractivity contribution in [1.29, 1.82) is 0 Å². The molecule has 9 rings (SSSR count). The number of hydrogen-bond acceptors (Lipinski definition) is 7. The van der Waals surface area contributed by atoms with Crippen molar-refractivity contribution in [1.82, 2.24) is 4.90 Å². The van der Waals surface area contributed by atoms with Crippen LogP contribution in [-0.4, -0.2) is 53.0 Å². The molecular weight excluding hydrogens is 910 g/mol. The zero-order valence-electron chi connectivity index (χ0n) is 37.5. The third-order valence-corrected chi connectivity index (χ3v) is 12.9. The minimum atomic E-state index is -0.244. The van der Waals surface area contributed by atoms with E-state index in [1.54, 1.807) is 28.4 Å². The van der Waals surface area contributed by atoms with E-state index in [-0.39, 0.29) is 12.2 Å². The highest BCUT2D eigenvalue weighted by atomic mass is 127. The van der Waals surface area contributed by atoms with E-state index in [0.717, 1.165) is 116 Å². The third-order valence-electron chi connectivity index (χ3n) is 12.2. The number of halogens is 1. The Morgan fingerprint density at radius 3 is 1.52 bits per heavy atom. The van der Waals surface area contributed by atoms with Crippen LogP contribution in [0.15, 0.2) is 133 Å². The molecule has 0 saturated carbocycles. The van der Waals surface area contributed by atoms with Crippen LogP contribution in [-0.2, 0) is 0 Å². The van der Waals surface area contributed by atoms with Crippen molar-refractivity contribution in [3.8, 4) is 46.3 Å². The van der Waals surface area contributed by atoms with Crippen LogP contribution in [0.2, 0.25) is 0 Å². The highest BCUT2D eigenvalue weighted by Crippen LogP contribution is 2.49. The van der Waals surface area contributed by atoms with Crippen molar-refractivity contribution in [2.24, 2.45) is 5.92 Å². The smallest absolute Gasteiger partial charge is 0.150 e. The summed E-state index contributed by atoms with van der Waals surface area (Å²) in [5, 5.41) is 0. The average Bonchev–Trinajstić information content (AvgIpc) is 3.76. The van der Waals surface area contributed by atoms with Crippen LogP contribution >= 0.6 is 22.6 Å². The van der Waals surface area contributed by atoms with Crippen LogP contribution in [0.25, 0.3) is 22.3 Å². The standard InChI is InChI=1S/C32H33NO3.C24H21IO3/c1-22-16-18-33(21-22)17-6-7-24-10-12-25(13-11-24)32-31(26-8-5-9-27(19-26)34-3)23(2)29-20-28(35-4)14-15-30(29)36-32;1-15-21-14-20(27-3)11-12-22(21)28-24(16-7-9-18(25)10-8-16)23(15)17-5-4-6-19(13-17)26-2/h5,8-15,19-20,22,32H,16-18,21H2,1-4H3;4-14,24H,1-3H3/t22-,32?;/m1./s1. The molecule has 1 saturated heterocycles. The summed E-state index contributed by atoms with van der Waals surface area (Å²) in [7, 11) is 6.75. The molecule has 0 N–H and O–H groups in total. The highest BCUT2D eigenvalue weighted by Gasteiger charge is 2.31. The topological polar surface area (TPSA) is 58.6 Å².